The van der Waals surface area contributed by atoms with Crippen LogP contribution in [0.3, 0.4) is 0 Å². The van der Waals surface area contributed by atoms with Crippen LogP contribution < -0.4 is 15.2 Å². The van der Waals surface area contributed by atoms with E-state index in [4.69, 9.17) is 4.74 Å². The lowest BCUT2D eigenvalue weighted by atomic mass is 10.1. The van der Waals surface area contributed by atoms with Crippen LogP contribution in [0.5, 0.6) is 11.5 Å². The molecule has 0 aliphatic rings. The van der Waals surface area contributed by atoms with E-state index in [0.717, 1.165) is 11.3 Å². The lowest BCUT2D eigenvalue weighted by Crippen LogP contribution is -2.26. The van der Waals surface area contributed by atoms with Crippen LogP contribution in [0.2, 0.25) is 0 Å². The summed E-state index contributed by atoms with van der Waals surface area (Å²) < 4.78 is 5.73. The maximum Gasteiger partial charge on any atom is 0.256 e. The maximum absolute atomic E-state index is 12.3. The minimum absolute atomic E-state index is 0.0486. The Bertz CT molecular complexity index is 931. The highest BCUT2D eigenvalue weighted by molar-refractivity contribution is 6.10. The Labute approximate surface area is 150 Å². The first-order valence-corrected chi connectivity index (χ1v) is 7.99. The molecule has 5 heteroatoms. The molecule has 0 spiro atoms. The molecule has 0 saturated carbocycles. The van der Waals surface area contributed by atoms with Crippen LogP contribution in [-0.2, 0) is 0 Å². The van der Waals surface area contributed by atoms with Gasteiger partial charge in [-0.15, -0.1) is 0 Å². The summed E-state index contributed by atoms with van der Waals surface area (Å²) in [5.41, 5.74) is 1.57. The standard InChI is InChI=1S/C21H17NO4/c1-14-6-10-16(11-7-14)26-17-12-8-15(9-13-17)22-20(23)18-4-2-3-5-19(18)21(24)25/h2-13H,1H3,(H,22,23)(H,24,25)/p-1. The molecule has 0 bridgehead atoms. The summed E-state index contributed by atoms with van der Waals surface area (Å²) in [6, 6.07) is 20.4. The topological polar surface area (TPSA) is 78.5 Å². The van der Waals surface area contributed by atoms with Crippen molar-refractivity contribution < 1.29 is 19.4 Å². The number of ether oxygens (including phenoxy) is 1. The fraction of sp³-hybridized carbons (Fsp3) is 0.0476. The van der Waals surface area contributed by atoms with Gasteiger partial charge in [-0.3, -0.25) is 4.79 Å². The van der Waals surface area contributed by atoms with Crippen LogP contribution in [0.25, 0.3) is 0 Å². The summed E-state index contributed by atoms with van der Waals surface area (Å²) in [6.07, 6.45) is 0. The quantitative estimate of drug-likeness (QED) is 0.768. The number of aromatic carboxylic acids is 1. The molecule has 3 rings (SSSR count). The minimum atomic E-state index is -1.39. The van der Waals surface area contributed by atoms with E-state index in [2.05, 4.69) is 5.32 Å². The molecule has 130 valence electrons. The van der Waals surface area contributed by atoms with Crippen LogP contribution in [0.1, 0.15) is 26.3 Å². The molecule has 0 unspecified atom stereocenters. The summed E-state index contributed by atoms with van der Waals surface area (Å²) >= 11 is 0. The molecule has 0 saturated heterocycles. The molecule has 0 aromatic heterocycles. The van der Waals surface area contributed by atoms with Gasteiger partial charge in [-0.2, -0.15) is 0 Å². The van der Waals surface area contributed by atoms with Crippen molar-refractivity contribution in [3.63, 3.8) is 0 Å². The summed E-state index contributed by atoms with van der Waals surface area (Å²) in [5.74, 6) is -0.563. The van der Waals surface area contributed by atoms with Crippen LogP contribution >= 0.6 is 0 Å². The largest absolute Gasteiger partial charge is 0.545 e. The summed E-state index contributed by atoms with van der Waals surface area (Å²) in [6.45, 7) is 2.00. The van der Waals surface area contributed by atoms with Crippen LogP contribution in [0, 0.1) is 6.92 Å². The van der Waals surface area contributed by atoms with E-state index in [1.54, 1.807) is 36.4 Å². The number of benzene rings is 3. The highest BCUT2D eigenvalue weighted by atomic mass is 16.5. The van der Waals surface area contributed by atoms with Gasteiger partial charge in [0.15, 0.2) is 0 Å². The normalized spacial score (nSPS) is 10.2. The highest BCUT2D eigenvalue weighted by Gasteiger charge is 2.11. The van der Waals surface area contributed by atoms with Crippen LogP contribution in [-0.4, -0.2) is 11.9 Å². The van der Waals surface area contributed by atoms with E-state index in [1.165, 1.54) is 12.1 Å². The van der Waals surface area contributed by atoms with E-state index in [9.17, 15) is 14.7 Å². The zero-order valence-corrected chi connectivity index (χ0v) is 14.1. The average molecular weight is 346 g/mol. The van der Waals surface area contributed by atoms with Gasteiger partial charge >= 0.3 is 0 Å². The molecule has 0 fully saturated rings. The number of carbonyl (C=O) groups is 2. The van der Waals surface area contributed by atoms with Crippen molar-refractivity contribution in [3.05, 3.63) is 89.5 Å². The number of carbonyl (C=O) groups excluding carboxylic acids is 2. The smallest absolute Gasteiger partial charge is 0.256 e. The first-order chi connectivity index (χ1) is 12.5. The number of hydrogen-bond acceptors (Lipinski definition) is 4. The van der Waals surface area contributed by atoms with Crippen molar-refractivity contribution in [3.8, 4) is 11.5 Å². The van der Waals surface area contributed by atoms with Crippen molar-refractivity contribution in [1.82, 2.24) is 0 Å². The lowest BCUT2D eigenvalue weighted by Gasteiger charge is -2.11. The van der Waals surface area contributed by atoms with Crippen molar-refractivity contribution in [1.29, 1.82) is 0 Å². The number of aryl methyl sites for hydroxylation is 1. The number of anilines is 1. The van der Waals surface area contributed by atoms with E-state index in [1.807, 2.05) is 31.2 Å². The molecule has 3 aromatic rings. The van der Waals surface area contributed by atoms with Crippen molar-refractivity contribution in [2.45, 2.75) is 6.92 Å². The van der Waals surface area contributed by atoms with Gasteiger partial charge in [0.05, 0.1) is 5.97 Å². The van der Waals surface area contributed by atoms with Gasteiger partial charge in [-0.25, -0.2) is 0 Å². The molecule has 0 aliphatic carbocycles. The third-order valence-electron chi connectivity index (χ3n) is 3.76. The fourth-order valence-corrected chi connectivity index (χ4v) is 2.41. The van der Waals surface area contributed by atoms with E-state index >= 15 is 0 Å². The molecule has 0 heterocycles. The third-order valence-corrected chi connectivity index (χ3v) is 3.76. The molecule has 0 atom stereocenters. The maximum atomic E-state index is 12.3. The highest BCUT2D eigenvalue weighted by Crippen LogP contribution is 2.23. The predicted octanol–water partition coefficient (Wildman–Crippen LogP) is 3.40. The number of hydrogen-bond donors (Lipinski definition) is 1. The summed E-state index contributed by atoms with van der Waals surface area (Å²) in [5, 5.41) is 13.8. The fourth-order valence-electron chi connectivity index (χ4n) is 2.41. The Balaban J connectivity index is 1.70. The number of carboxylic acid groups (broad SMARTS) is 1. The van der Waals surface area contributed by atoms with Gasteiger partial charge in [0, 0.05) is 16.8 Å². The van der Waals surface area contributed by atoms with Gasteiger partial charge < -0.3 is 20.0 Å². The molecular formula is C21H16NO4-. The van der Waals surface area contributed by atoms with Gasteiger partial charge in [0.25, 0.3) is 5.91 Å². The molecule has 1 amide bonds. The summed E-state index contributed by atoms with van der Waals surface area (Å²) in [4.78, 5) is 23.4. The van der Waals surface area contributed by atoms with Crippen molar-refractivity contribution in [2.24, 2.45) is 0 Å². The first kappa shape index (κ1) is 17.2. The first-order valence-electron chi connectivity index (χ1n) is 7.99. The Kier molecular flexibility index (Phi) is 4.99. The van der Waals surface area contributed by atoms with Crippen LogP contribution in [0.4, 0.5) is 5.69 Å². The Morgan fingerprint density at radius 2 is 1.35 bits per heavy atom. The zero-order chi connectivity index (χ0) is 18.5. The molecule has 0 radical (unpaired) electrons. The molecular weight excluding hydrogens is 330 g/mol. The zero-order valence-electron chi connectivity index (χ0n) is 14.1. The average Bonchev–Trinajstić information content (AvgIpc) is 2.65. The number of nitrogens with one attached hydrogen (secondary N) is 1. The predicted molar refractivity (Wildman–Crippen MR) is 96.4 cm³/mol. The van der Waals surface area contributed by atoms with E-state index in [-0.39, 0.29) is 11.1 Å². The monoisotopic (exact) mass is 346 g/mol. The lowest BCUT2D eigenvalue weighted by molar-refractivity contribution is -0.255. The SMILES string of the molecule is Cc1ccc(Oc2ccc(NC(=O)c3ccccc3C(=O)[O-])cc2)cc1. The van der Waals surface area contributed by atoms with Crippen molar-refractivity contribution in [2.75, 3.05) is 5.32 Å². The van der Waals surface area contributed by atoms with Gasteiger partial charge in [0.2, 0.25) is 0 Å². The third kappa shape index (κ3) is 4.08. The second kappa shape index (κ2) is 7.53. The van der Waals surface area contributed by atoms with Gasteiger partial charge in [-0.05, 0) is 49.4 Å². The second-order valence-electron chi connectivity index (χ2n) is 5.73. The second-order valence-corrected chi connectivity index (χ2v) is 5.73. The summed E-state index contributed by atoms with van der Waals surface area (Å²) in [7, 11) is 0. The van der Waals surface area contributed by atoms with Gasteiger partial charge in [-0.1, -0.05) is 35.9 Å². The van der Waals surface area contributed by atoms with Crippen molar-refractivity contribution >= 4 is 17.6 Å². The van der Waals surface area contributed by atoms with E-state index in [0.29, 0.717) is 11.4 Å². The molecule has 26 heavy (non-hydrogen) atoms. The molecule has 0 aliphatic heterocycles. The number of amides is 1. The molecule has 3 aromatic carbocycles. The number of carboxylic acids is 1. The Hall–Kier alpha value is -3.60. The number of rotatable bonds is 5. The minimum Gasteiger partial charge on any atom is -0.545 e. The molecule has 1 N–H and O–H groups in total. The Morgan fingerprint density at radius 1 is 0.808 bits per heavy atom. The Morgan fingerprint density at radius 3 is 1.92 bits per heavy atom. The van der Waals surface area contributed by atoms with Gasteiger partial charge in [0.1, 0.15) is 11.5 Å². The van der Waals surface area contributed by atoms with Crippen LogP contribution in [0.15, 0.2) is 72.8 Å². The molecule has 5 nitrogen and oxygen atoms in total. The van der Waals surface area contributed by atoms with E-state index < -0.39 is 11.9 Å².